The van der Waals surface area contributed by atoms with Crippen LogP contribution in [0.25, 0.3) is 0 Å². The zero-order valence-corrected chi connectivity index (χ0v) is 13.0. The molecule has 0 bridgehead atoms. The molecular weight excluding hydrogens is 332 g/mol. The van der Waals surface area contributed by atoms with Gasteiger partial charge >= 0.3 is 0 Å². The molecule has 1 aromatic rings. The molecule has 6 heteroatoms. The van der Waals surface area contributed by atoms with E-state index < -0.39 is 0 Å². The summed E-state index contributed by atoms with van der Waals surface area (Å²) in [6.45, 7) is 3.53. The lowest BCUT2D eigenvalue weighted by molar-refractivity contribution is -0.133. The van der Waals surface area contributed by atoms with E-state index in [1.807, 2.05) is 29.2 Å². The van der Waals surface area contributed by atoms with Gasteiger partial charge in [-0.3, -0.25) is 4.79 Å². The summed E-state index contributed by atoms with van der Waals surface area (Å²) in [5.41, 5.74) is 0. The van der Waals surface area contributed by atoms with Crippen molar-refractivity contribution in [3.8, 4) is 5.75 Å². The molecule has 106 valence electrons. The van der Waals surface area contributed by atoms with Crippen LogP contribution in [0.15, 0.2) is 28.7 Å². The molecule has 2 rings (SSSR count). The van der Waals surface area contributed by atoms with Crippen LogP contribution in [0.1, 0.15) is 6.42 Å². The number of carbonyl (C=O) groups is 1. The summed E-state index contributed by atoms with van der Waals surface area (Å²) in [6.07, 6.45) is 1.00. The predicted molar refractivity (Wildman–Crippen MR) is 81.0 cm³/mol. The minimum atomic E-state index is 0. The van der Waals surface area contributed by atoms with E-state index in [4.69, 9.17) is 4.74 Å². The molecule has 0 atom stereocenters. The van der Waals surface area contributed by atoms with Gasteiger partial charge in [0.1, 0.15) is 5.75 Å². The van der Waals surface area contributed by atoms with E-state index in [-0.39, 0.29) is 24.9 Å². The Balaban J connectivity index is 0.00000180. The van der Waals surface area contributed by atoms with Crippen molar-refractivity contribution >= 4 is 34.2 Å². The molecule has 0 radical (unpaired) electrons. The largest absolute Gasteiger partial charge is 0.484 e. The maximum atomic E-state index is 12.0. The minimum absolute atomic E-state index is 0. The number of nitrogens with zero attached hydrogens (tertiary/aromatic N) is 1. The first-order chi connectivity index (χ1) is 8.75. The minimum Gasteiger partial charge on any atom is -0.484 e. The molecule has 0 unspecified atom stereocenters. The summed E-state index contributed by atoms with van der Waals surface area (Å²) in [6, 6.07) is 7.52. The lowest BCUT2D eigenvalue weighted by Crippen LogP contribution is -2.37. The lowest BCUT2D eigenvalue weighted by Gasteiger charge is -2.20. The van der Waals surface area contributed by atoms with Gasteiger partial charge in [-0.1, -0.05) is 22.0 Å². The Morgan fingerprint density at radius 3 is 3.00 bits per heavy atom. The van der Waals surface area contributed by atoms with Crippen LogP contribution in [-0.4, -0.2) is 43.6 Å². The zero-order valence-electron chi connectivity index (χ0n) is 10.6. The number of hydrogen-bond acceptors (Lipinski definition) is 3. The van der Waals surface area contributed by atoms with Crippen LogP contribution in [-0.2, 0) is 4.79 Å². The van der Waals surface area contributed by atoms with Crippen LogP contribution in [0.3, 0.4) is 0 Å². The number of benzene rings is 1. The van der Waals surface area contributed by atoms with Gasteiger partial charge < -0.3 is 15.0 Å². The SMILES string of the molecule is Cl.O=C(COc1cccc(Br)c1)N1CCCNCC1. The van der Waals surface area contributed by atoms with Gasteiger partial charge in [0.2, 0.25) is 0 Å². The monoisotopic (exact) mass is 348 g/mol. The van der Waals surface area contributed by atoms with Crippen LogP contribution >= 0.6 is 28.3 Å². The van der Waals surface area contributed by atoms with E-state index in [0.29, 0.717) is 5.75 Å². The van der Waals surface area contributed by atoms with Crippen LogP contribution < -0.4 is 10.1 Å². The Morgan fingerprint density at radius 1 is 1.37 bits per heavy atom. The highest BCUT2D eigenvalue weighted by Crippen LogP contribution is 2.17. The van der Waals surface area contributed by atoms with Crippen LogP contribution in [0.4, 0.5) is 0 Å². The van der Waals surface area contributed by atoms with Crippen LogP contribution in [0, 0.1) is 0 Å². The molecule has 1 aliphatic rings. The molecule has 1 amide bonds. The summed E-state index contributed by atoms with van der Waals surface area (Å²) >= 11 is 3.37. The third-order valence-corrected chi connectivity index (χ3v) is 3.34. The molecule has 0 saturated carbocycles. The number of ether oxygens (including phenoxy) is 1. The average Bonchev–Trinajstić information content (AvgIpc) is 2.65. The van der Waals surface area contributed by atoms with Crippen molar-refractivity contribution in [2.75, 3.05) is 32.8 Å². The molecule has 4 nitrogen and oxygen atoms in total. The van der Waals surface area contributed by atoms with Gasteiger partial charge in [0, 0.05) is 24.1 Å². The summed E-state index contributed by atoms with van der Waals surface area (Å²) in [5, 5.41) is 3.27. The van der Waals surface area contributed by atoms with Crippen LogP contribution in [0.2, 0.25) is 0 Å². The quantitative estimate of drug-likeness (QED) is 0.908. The molecule has 1 fully saturated rings. The van der Waals surface area contributed by atoms with E-state index in [0.717, 1.165) is 37.1 Å². The van der Waals surface area contributed by atoms with Crippen molar-refractivity contribution in [1.29, 1.82) is 0 Å². The van der Waals surface area contributed by atoms with Gasteiger partial charge in [0.15, 0.2) is 6.61 Å². The van der Waals surface area contributed by atoms with Gasteiger partial charge in [-0.15, -0.1) is 12.4 Å². The topological polar surface area (TPSA) is 41.6 Å². The van der Waals surface area contributed by atoms with Gasteiger partial charge in [-0.25, -0.2) is 0 Å². The van der Waals surface area contributed by atoms with Gasteiger partial charge in [0.05, 0.1) is 0 Å². The second-order valence-electron chi connectivity index (χ2n) is 4.23. The molecule has 0 aromatic heterocycles. The third-order valence-electron chi connectivity index (χ3n) is 2.85. The van der Waals surface area contributed by atoms with Crippen molar-refractivity contribution in [2.24, 2.45) is 0 Å². The molecule has 1 saturated heterocycles. The fourth-order valence-electron chi connectivity index (χ4n) is 1.89. The zero-order chi connectivity index (χ0) is 12.8. The summed E-state index contributed by atoms with van der Waals surface area (Å²) in [5.74, 6) is 0.768. The third kappa shape index (κ3) is 5.38. The number of rotatable bonds is 3. The Morgan fingerprint density at radius 2 is 2.21 bits per heavy atom. The van der Waals surface area contributed by atoms with Crippen molar-refractivity contribution < 1.29 is 9.53 Å². The number of hydrogen-bond donors (Lipinski definition) is 1. The van der Waals surface area contributed by atoms with Crippen molar-refractivity contribution in [1.82, 2.24) is 10.2 Å². The second-order valence-corrected chi connectivity index (χ2v) is 5.15. The number of halogens is 2. The van der Waals surface area contributed by atoms with E-state index in [1.165, 1.54) is 0 Å². The summed E-state index contributed by atoms with van der Waals surface area (Å²) in [4.78, 5) is 13.8. The first kappa shape index (κ1) is 16.3. The molecular formula is C13H18BrClN2O2. The second kappa shape index (κ2) is 8.40. The Kier molecular flexibility index (Phi) is 7.20. The lowest BCUT2D eigenvalue weighted by atomic mass is 10.3. The molecule has 0 spiro atoms. The maximum absolute atomic E-state index is 12.0. The first-order valence-electron chi connectivity index (χ1n) is 6.12. The smallest absolute Gasteiger partial charge is 0.260 e. The number of carbonyl (C=O) groups excluding carboxylic acids is 1. The van der Waals surface area contributed by atoms with Crippen molar-refractivity contribution in [2.45, 2.75) is 6.42 Å². The highest BCUT2D eigenvalue weighted by atomic mass is 79.9. The first-order valence-corrected chi connectivity index (χ1v) is 6.92. The molecule has 19 heavy (non-hydrogen) atoms. The Hall–Kier alpha value is -0.780. The fraction of sp³-hybridized carbons (Fsp3) is 0.462. The highest BCUT2D eigenvalue weighted by Gasteiger charge is 2.15. The fourth-order valence-corrected chi connectivity index (χ4v) is 2.27. The van der Waals surface area contributed by atoms with E-state index in [2.05, 4.69) is 21.2 Å². The standard InChI is InChI=1S/C13H17BrN2O2.ClH/c14-11-3-1-4-12(9-11)18-10-13(17)16-7-2-5-15-6-8-16;/h1,3-4,9,15H,2,5-8,10H2;1H. The summed E-state index contributed by atoms with van der Waals surface area (Å²) in [7, 11) is 0. The predicted octanol–water partition coefficient (Wildman–Crippen LogP) is 2.07. The highest BCUT2D eigenvalue weighted by molar-refractivity contribution is 9.10. The van der Waals surface area contributed by atoms with E-state index in [9.17, 15) is 4.79 Å². The van der Waals surface area contributed by atoms with Crippen molar-refractivity contribution in [3.05, 3.63) is 28.7 Å². The number of nitrogens with one attached hydrogen (secondary N) is 1. The summed E-state index contributed by atoms with van der Waals surface area (Å²) < 4.78 is 6.45. The average molecular weight is 350 g/mol. The number of amides is 1. The van der Waals surface area contributed by atoms with E-state index in [1.54, 1.807) is 0 Å². The molecule has 1 heterocycles. The molecule has 0 aliphatic carbocycles. The maximum Gasteiger partial charge on any atom is 0.260 e. The molecule has 1 aromatic carbocycles. The van der Waals surface area contributed by atoms with Crippen LogP contribution in [0.5, 0.6) is 5.75 Å². The van der Waals surface area contributed by atoms with E-state index >= 15 is 0 Å². The Bertz CT molecular complexity index is 409. The molecule has 1 N–H and O–H groups in total. The van der Waals surface area contributed by atoms with Gasteiger partial charge in [-0.05, 0) is 31.2 Å². The van der Waals surface area contributed by atoms with Gasteiger partial charge in [0.25, 0.3) is 5.91 Å². The van der Waals surface area contributed by atoms with Gasteiger partial charge in [-0.2, -0.15) is 0 Å². The van der Waals surface area contributed by atoms with Crippen molar-refractivity contribution in [3.63, 3.8) is 0 Å². The Labute approximate surface area is 128 Å². The normalized spacial score (nSPS) is 15.3. The molecule has 1 aliphatic heterocycles.